The van der Waals surface area contributed by atoms with Crippen molar-refractivity contribution in [2.45, 2.75) is 18.6 Å². The van der Waals surface area contributed by atoms with Crippen molar-refractivity contribution in [2.75, 3.05) is 11.9 Å². The topological polar surface area (TPSA) is 3.24 Å². The van der Waals surface area contributed by atoms with Crippen molar-refractivity contribution in [1.29, 1.82) is 0 Å². The molecule has 1 heterocycles. The smallest absolute Gasteiger partial charge is 0.370 e. The molecule has 1 nitrogen and oxygen atoms in total. The van der Waals surface area contributed by atoms with Crippen LogP contribution in [0.3, 0.4) is 0 Å². The van der Waals surface area contributed by atoms with Crippen LogP contribution in [0, 0.1) is 0 Å². The van der Waals surface area contributed by atoms with Gasteiger partial charge in [-0.15, -0.1) is 22.9 Å². The van der Waals surface area contributed by atoms with Crippen molar-refractivity contribution < 1.29 is 13.2 Å². The summed E-state index contributed by atoms with van der Waals surface area (Å²) in [5.41, 5.74) is 0.982. The number of anilines is 1. The van der Waals surface area contributed by atoms with Crippen molar-refractivity contribution in [3.8, 4) is 0 Å². The number of benzene rings is 1. The third-order valence-corrected chi connectivity index (χ3v) is 4.87. The van der Waals surface area contributed by atoms with Gasteiger partial charge in [0, 0.05) is 25.2 Å². The number of hydrogen-bond donors (Lipinski definition) is 0. The first-order valence-corrected chi connectivity index (χ1v) is 8.22. The number of thiophene rings is 1. The lowest BCUT2D eigenvalue weighted by Crippen LogP contribution is -2.17. The predicted molar refractivity (Wildman–Crippen MR) is 85.1 cm³/mol. The van der Waals surface area contributed by atoms with Crippen molar-refractivity contribution in [3.63, 3.8) is 0 Å². The molecule has 114 valence electrons. The Morgan fingerprint density at radius 2 is 2.00 bits per heavy atom. The molecule has 1 aromatic carbocycles. The summed E-state index contributed by atoms with van der Waals surface area (Å²) in [5, 5.41) is 1.97. The van der Waals surface area contributed by atoms with E-state index < -0.39 is 11.7 Å². The molecule has 0 saturated carbocycles. The lowest BCUT2D eigenvalue weighted by molar-refractivity contribution is -0.138. The quantitative estimate of drug-likeness (QED) is 0.579. The predicted octanol–water partition coefficient (Wildman–Crippen LogP) is 5.90. The molecule has 0 radical (unpaired) electrons. The lowest BCUT2D eigenvalue weighted by Gasteiger charge is -2.21. The van der Waals surface area contributed by atoms with Crippen molar-refractivity contribution >= 4 is 44.6 Å². The minimum Gasteiger partial charge on any atom is -0.370 e. The number of halogens is 5. The summed E-state index contributed by atoms with van der Waals surface area (Å²) in [6.07, 6.45) is -4.40. The zero-order chi connectivity index (χ0) is 15.6. The maximum absolute atomic E-state index is 13.0. The third kappa shape index (κ3) is 4.14. The van der Waals surface area contributed by atoms with Gasteiger partial charge in [0.05, 0.1) is 9.35 Å². The Morgan fingerprint density at radius 1 is 1.29 bits per heavy atom. The molecule has 2 aromatic rings. The first-order valence-electron chi connectivity index (χ1n) is 6.01. The number of nitrogens with zero attached hydrogens (tertiary/aromatic N) is 1. The van der Waals surface area contributed by atoms with Gasteiger partial charge in [0.25, 0.3) is 0 Å². The van der Waals surface area contributed by atoms with E-state index in [-0.39, 0.29) is 11.4 Å². The number of hydrogen-bond acceptors (Lipinski definition) is 2. The summed E-state index contributed by atoms with van der Waals surface area (Å²) in [6, 6.07) is 6.21. The highest BCUT2D eigenvalue weighted by Gasteiger charge is 2.33. The molecule has 0 bridgehead atoms. The molecule has 7 heteroatoms. The largest absolute Gasteiger partial charge is 0.416 e. The first kappa shape index (κ1) is 16.6. The van der Waals surface area contributed by atoms with E-state index in [0.29, 0.717) is 12.2 Å². The molecule has 0 fully saturated rings. The van der Waals surface area contributed by atoms with Crippen molar-refractivity contribution in [2.24, 2.45) is 0 Å². The second-order valence-corrected chi connectivity index (χ2v) is 7.15. The van der Waals surface area contributed by atoms with Crippen LogP contribution in [-0.4, -0.2) is 7.05 Å². The monoisotopic (exact) mass is 397 g/mol. The van der Waals surface area contributed by atoms with E-state index in [1.54, 1.807) is 29.4 Å². The van der Waals surface area contributed by atoms with E-state index in [1.807, 2.05) is 11.4 Å². The molecule has 0 amide bonds. The molecule has 0 saturated heterocycles. The third-order valence-electron chi connectivity index (χ3n) is 3.03. The van der Waals surface area contributed by atoms with Crippen molar-refractivity contribution in [1.82, 2.24) is 0 Å². The standard InChI is InChI=1S/C14H12BrClF3NS/c1-20(7-9-4-13(15)21-8-9)11-3-2-10(6-16)12(5-11)14(17,18)19/h2-5,8H,6-7H2,1H3. The Balaban J connectivity index is 2.27. The van der Waals surface area contributed by atoms with E-state index in [9.17, 15) is 13.2 Å². The Hall–Kier alpha value is -0.720. The van der Waals surface area contributed by atoms with E-state index in [2.05, 4.69) is 15.9 Å². The average Bonchev–Trinajstić information content (AvgIpc) is 2.82. The molecule has 0 aliphatic heterocycles. The summed E-state index contributed by atoms with van der Waals surface area (Å²) in [6.45, 7) is 0.541. The molecule has 0 N–H and O–H groups in total. The highest BCUT2D eigenvalue weighted by molar-refractivity contribution is 9.11. The van der Waals surface area contributed by atoms with Gasteiger partial charge in [-0.1, -0.05) is 6.07 Å². The Kier molecular flexibility index (Phi) is 5.22. The lowest BCUT2D eigenvalue weighted by atomic mass is 10.1. The van der Waals surface area contributed by atoms with E-state index in [1.165, 1.54) is 6.07 Å². The molecular weight excluding hydrogens is 387 g/mol. The summed E-state index contributed by atoms with van der Waals surface area (Å²) >= 11 is 10.5. The summed E-state index contributed by atoms with van der Waals surface area (Å²) in [5.74, 6) is -0.156. The van der Waals surface area contributed by atoms with Crippen molar-refractivity contribution in [3.05, 3.63) is 50.1 Å². The van der Waals surface area contributed by atoms with Crippen LogP contribution in [0.1, 0.15) is 16.7 Å². The van der Waals surface area contributed by atoms with Crippen LogP contribution in [0.15, 0.2) is 33.4 Å². The van der Waals surface area contributed by atoms with Gasteiger partial charge in [0.15, 0.2) is 0 Å². The second kappa shape index (κ2) is 6.58. The number of rotatable bonds is 4. The zero-order valence-electron chi connectivity index (χ0n) is 11.0. The molecule has 0 aliphatic rings. The van der Waals surface area contributed by atoms with Crippen LogP contribution in [0.4, 0.5) is 18.9 Å². The fourth-order valence-electron chi connectivity index (χ4n) is 1.98. The highest BCUT2D eigenvalue weighted by Crippen LogP contribution is 2.35. The first-order chi connectivity index (χ1) is 9.81. The van der Waals surface area contributed by atoms with Gasteiger partial charge in [0.1, 0.15) is 0 Å². The molecule has 0 atom stereocenters. The van der Waals surface area contributed by atoms with Gasteiger partial charge in [-0.05, 0) is 50.6 Å². The van der Waals surface area contributed by atoms with E-state index in [0.717, 1.165) is 15.4 Å². The second-order valence-electron chi connectivity index (χ2n) is 4.59. The molecule has 2 rings (SSSR count). The van der Waals surface area contributed by atoms with Gasteiger partial charge in [-0.3, -0.25) is 0 Å². The Bertz CT molecular complexity index is 627. The summed E-state index contributed by atoms with van der Waals surface area (Å²) in [4.78, 5) is 1.78. The maximum Gasteiger partial charge on any atom is 0.416 e. The van der Waals surface area contributed by atoms with Gasteiger partial charge in [-0.25, -0.2) is 0 Å². The van der Waals surface area contributed by atoms with E-state index >= 15 is 0 Å². The molecule has 21 heavy (non-hydrogen) atoms. The molecular formula is C14H12BrClF3NS. The average molecular weight is 399 g/mol. The van der Waals surface area contributed by atoms with Gasteiger partial charge < -0.3 is 4.90 Å². The molecule has 0 aliphatic carbocycles. The van der Waals surface area contributed by atoms with Crippen LogP contribution in [0.2, 0.25) is 0 Å². The minimum atomic E-state index is -4.40. The van der Waals surface area contributed by atoms with Crippen LogP contribution in [0.5, 0.6) is 0 Å². The van der Waals surface area contributed by atoms with Gasteiger partial charge >= 0.3 is 6.18 Å². The number of alkyl halides is 4. The fourth-order valence-corrected chi connectivity index (χ4v) is 3.41. The highest BCUT2D eigenvalue weighted by atomic mass is 79.9. The van der Waals surface area contributed by atoms with Gasteiger partial charge in [0.2, 0.25) is 0 Å². The molecule has 0 spiro atoms. The van der Waals surface area contributed by atoms with Gasteiger partial charge in [-0.2, -0.15) is 13.2 Å². The normalized spacial score (nSPS) is 11.7. The maximum atomic E-state index is 13.0. The van der Waals surface area contributed by atoms with Crippen LogP contribution >= 0.6 is 38.9 Å². The van der Waals surface area contributed by atoms with Crippen LogP contribution in [-0.2, 0) is 18.6 Å². The van der Waals surface area contributed by atoms with E-state index in [4.69, 9.17) is 11.6 Å². The fraction of sp³-hybridized carbons (Fsp3) is 0.286. The summed E-state index contributed by atoms with van der Waals surface area (Å²) in [7, 11) is 1.77. The SMILES string of the molecule is CN(Cc1csc(Br)c1)c1ccc(CCl)c(C(F)(F)F)c1. The molecule has 1 aromatic heterocycles. The minimum absolute atomic E-state index is 0.0968. The van der Waals surface area contributed by atoms with Crippen LogP contribution in [0.25, 0.3) is 0 Å². The Labute approximate surface area is 138 Å². The Morgan fingerprint density at radius 3 is 2.52 bits per heavy atom. The molecule has 0 unspecified atom stereocenters. The van der Waals surface area contributed by atoms with Crippen LogP contribution < -0.4 is 4.90 Å². The zero-order valence-corrected chi connectivity index (χ0v) is 14.2. The summed E-state index contributed by atoms with van der Waals surface area (Å²) < 4.78 is 40.1.